The second-order valence-electron chi connectivity index (χ2n) is 6.38. The van der Waals surface area contributed by atoms with Crippen molar-refractivity contribution in [2.75, 3.05) is 5.32 Å². The Balaban J connectivity index is 1.53. The third kappa shape index (κ3) is 3.32. The summed E-state index contributed by atoms with van der Waals surface area (Å²) in [5.41, 5.74) is 1.31. The first-order valence-corrected chi connectivity index (χ1v) is 8.60. The fourth-order valence-electron chi connectivity index (χ4n) is 2.70. The first-order chi connectivity index (χ1) is 12.5. The number of carbonyl (C=O) groups is 1. The van der Waals surface area contributed by atoms with Gasteiger partial charge in [0.25, 0.3) is 5.91 Å². The minimum absolute atomic E-state index is 0.120. The van der Waals surface area contributed by atoms with Gasteiger partial charge in [0.2, 0.25) is 0 Å². The van der Waals surface area contributed by atoms with E-state index in [2.05, 4.69) is 20.7 Å². The maximum atomic E-state index is 14.1. The molecule has 0 aliphatic heterocycles. The lowest BCUT2D eigenvalue weighted by molar-refractivity contribution is 0.102. The number of anilines is 1. The molecule has 4 rings (SSSR count). The quantitative estimate of drug-likeness (QED) is 0.743. The summed E-state index contributed by atoms with van der Waals surface area (Å²) in [7, 11) is 0. The summed E-state index contributed by atoms with van der Waals surface area (Å²) in [6.07, 6.45) is 5.84. The molecule has 9 heteroatoms. The molecule has 2 aromatic heterocycles. The molecule has 0 saturated heterocycles. The van der Waals surface area contributed by atoms with Gasteiger partial charge in [-0.05, 0) is 43.9 Å². The van der Waals surface area contributed by atoms with Gasteiger partial charge in [0.05, 0.1) is 17.6 Å². The number of rotatable bonds is 5. The highest BCUT2D eigenvalue weighted by Crippen LogP contribution is 2.30. The van der Waals surface area contributed by atoms with Crippen LogP contribution in [0.3, 0.4) is 0 Å². The number of carbonyl (C=O) groups excluding carboxylic acids is 1. The number of benzene rings is 1. The van der Waals surface area contributed by atoms with Crippen LogP contribution in [-0.4, -0.2) is 30.7 Å². The second kappa shape index (κ2) is 6.53. The SMILES string of the molecule is Cc1c(C(=O)Nc2cnn(CC3CC3)c2)nnn1-c1ccc(Cl)cc1F. The van der Waals surface area contributed by atoms with Crippen molar-refractivity contribution in [1.82, 2.24) is 24.8 Å². The molecule has 2 heterocycles. The molecule has 3 aromatic rings. The molecule has 0 spiro atoms. The highest BCUT2D eigenvalue weighted by Gasteiger charge is 2.23. The van der Waals surface area contributed by atoms with E-state index in [0.717, 1.165) is 6.54 Å². The van der Waals surface area contributed by atoms with Crippen LogP contribution in [0.15, 0.2) is 30.6 Å². The molecule has 0 atom stereocenters. The third-order valence-corrected chi connectivity index (χ3v) is 4.52. The smallest absolute Gasteiger partial charge is 0.278 e. The molecule has 1 aliphatic carbocycles. The number of nitrogens with one attached hydrogen (secondary N) is 1. The molecule has 1 amide bonds. The molecule has 0 bridgehead atoms. The summed E-state index contributed by atoms with van der Waals surface area (Å²) in [4.78, 5) is 12.5. The molecule has 1 fully saturated rings. The third-order valence-electron chi connectivity index (χ3n) is 4.28. The summed E-state index contributed by atoms with van der Waals surface area (Å²) >= 11 is 5.77. The van der Waals surface area contributed by atoms with Gasteiger partial charge < -0.3 is 5.32 Å². The molecule has 134 valence electrons. The van der Waals surface area contributed by atoms with Gasteiger partial charge in [-0.2, -0.15) is 5.10 Å². The van der Waals surface area contributed by atoms with Gasteiger partial charge in [0.1, 0.15) is 11.5 Å². The first kappa shape index (κ1) is 16.7. The monoisotopic (exact) mass is 374 g/mol. The van der Waals surface area contributed by atoms with Crippen LogP contribution in [0.4, 0.5) is 10.1 Å². The Bertz CT molecular complexity index is 978. The van der Waals surface area contributed by atoms with Crippen LogP contribution in [0.2, 0.25) is 5.02 Å². The fourth-order valence-corrected chi connectivity index (χ4v) is 2.86. The Morgan fingerprint density at radius 3 is 2.96 bits per heavy atom. The Morgan fingerprint density at radius 2 is 2.23 bits per heavy atom. The van der Waals surface area contributed by atoms with E-state index in [4.69, 9.17) is 11.6 Å². The maximum absolute atomic E-state index is 14.1. The number of aromatic nitrogens is 5. The second-order valence-corrected chi connectivity index (χ2v) is 6.82. The van der Waals surface area contributed by atoms with Gasteiger partial charge in [-0.1, -0.05) is 16.8 Å². The molecule has 1 aromatic carbocycles. The number of nitrogens with zero attached hydrogens (tertiary/aromatic N) is 5. The average molecular weight is 375 g/mol. The van der Waals surface area contributed by atoms with E-state index < -0.39 is 11.7 Å². The lowest BCUT2D eigenvalue weighted by Crippen LogP contribution is -2.14. The predicted octanol–water partition coefficient (Wildman–Crippen LogP) is 3.23. The topological polar surface area (TPSA) is 77.6 Å². The van der Waals surface area contributed by atoms with Crippen LogP contribution in [-0.2, 0) is 6.54 Å². The minimum atomic E-state index is -0.543. The lowest BCUT2D eigenvalue weighted by Gasteiger charge is -2.05. The molecule has 1 aliphatic rings. The standard InChI is InChI=1S/C17H16ClFN6O/c1-10-16(22-23-25(10)15-5-4-12(18)6-14(15)19)17(26)21-13-7-20-24(9-13)8-11-2-3-11/h4-7,9,11H,2-3,8H2,1H3,(H,21,26). The molecule has 1 N–H and O–H groups in total. The van der Waals surface area contributed by atoms with E-state index in [0.29, 0.717) is 17.3 Å². The summed E-state index contributed by atoms with van der Waals surface area (Å²) in [6.45, 7) is 2.51. The zero-order chi connectivity index (χ0) is 18.3. The predicted molar refractivity (Wildman–Crippen MR) is 94.0 cm³/mol. The summed E-state index contributed by atoms with van der Waals surface area (Å²) < 4.78 is 17.2. The first-order valence-electron chi connectivity index (χ1n) is 8.23. The fraction of sp³-hybridized carbons (Fsp3) is 0.294. The maximum Gasteiger partial charge on any atom is 0.278 e. The number of amides is 1. The van der Waals surface area contributed by atoms with Crippen molar-refractivity contribution < 1.29 is 9.18 Å². The highest BCUT2D eigenvalue weighted by atomic mass is 35.5. The molecule has 0 unspecified atom stereocenters. The summed E-state index contributed by atoms with van der Waals surface area (Å²) in [6, 6.07) is 4.23. The number of hydrogen-bond donors (Lipinski definition) is 1. The molecule has 1 saturated carbocycles. The van der Waals surface area contributed by atoms with Gasteiger partial charge in [-0.3, -0.25) is 9.48 Å². The zero-order valence-electron chi connectivity index (χ0n) is 14.0. The Labute approximate surface area is 153 Å². The largest absolute Gasteiger partial charge is 0.318 e. The normalized spacial score (nSPS) is 13.8. The van der Waals surface area contributed by atoms with Gasteiger partial charge in [0, 0.05) is 17.8 Å². The van der Waals surface area contributed by atoms with Crippen molar-refractivity contribution in [2.24, 2.45) is 5.92 Å². The van der Waals surface area contributed by atoms with Crippen LogP contribution in [0.25, 0.3) is 5.69 Å². The van der Waals surface area contributed by atoms with Gasteiger partial charge in [-0.25, -0.2) is 9.07 Å². The van der Waals surface area contributed by atoms with Crippen molar-refractivity contribution in [3.63, 3.8) is 0 Å². The lowest BCUT2D eigenvalue weighted by atomic mass is 10.2. The van der Waals surface area contributed by atoms with Gasteiger partial charge >= 0.3 is 0 Å². The highest BCUT2D eigenvalue weighted by molar-refractivity contribution is 6.30. The van der Waals surface area contributed by atoms with E-state index in [9.17, 15) is 9.18 Å². The van der Waals surface area contributed by atoms with Crippen LogP contribution < -0.4 is 5.32 Å². The Kier molecular flexibility index (Phi) is 4.20. The van der Waals surface area contributed by atoms with E-state index in [1.807, 2.05) is 4.68 Å². The van der Waals surface area contributed by atoms with Gasteiger partial charge in [0.15, 0.2) is 5.69 Å². The molecule has 0 radical (unpaired) electrons. The molecular weight excluding hydrogens is 359 g/mol. The average Bonchev–Trinajstić information content (AvgIpc) is 3.17. The van der Waals surface area contributed by atoms with E-state index in [-0.39, 0.29) is 16.4 Å². The Morgan fingerprint density at radius 1 is 1.42 bits per heavy atom. The van der Waals surface area contributed by atoms with E-state index in [1.54, 1.807) is 25.4 Å². The van der Waals surface area contributed by atoms with E-state index in [1.165, 1.54) is 29.7 Å². The number of hydrogen-bond acceptors (Lipinski definition) is 4. The van der Waals surface area contributed by atoms with Crippen molar-refractivity contribution in [3.8, 4) is 5.69 Å². The van der Waals surface area contributed by atoms with Crippen LogP contribution >= 0.6 is 11.6 Å². The molecular formula is C17H16ClFN6O. The molecule has 7 nitrogen and oxygen atoms in total. The zero-order valence-corrected chi connectivity index (χ0v) is 14.7. The van der Waals surface area contributed by atoms with Crippen molar-refractivity contribution >= 4 is 23.2 Å². The van der Waals surface area contributed by atoms with Crippen LogP contribution in [0.1, 0.15) is 29.0 Å². The summed E-state index contributed by atoms with van der Waals surface area (Å²) in [5, 5.41) is 15.1. The number of halogens is 2. The van der Waals surface area contributed by atoms with Gasteiger partial charge in [-0.15, -0.1) is 5.10 Å². The van der Waals surface area contributed by atoms with Crippen molar-refractivity contribution in [2.45, 2.75) is 26.3 Å². The van der Waals surface area contributed by atoms with Crippen LogP contribution in [0.5, 0.6) is 0 Å². The molecule has 26 heavy (non-hydrogen) atoms. The van der Waals surface area contributed by atoms with Crippen LogP contribution in [0, 0.1) is 18.7 Å². The Hall–Kier alpha value is -2.74. The van der Waals surface area contributed by atoms with Crippen molar-refractivity contribution in [3.05, 3.63) is 52.8 Å². The van der Waals surface area contributed by atoms with E-state index >= 15 is 0 Å². The minimum Gasteiger partial charge on any atom is -0.318 e. The summed E-state index contributed by atoms with van der Waals surface area (Å²) in [5.74, 6) is -0.275. The van der Waals surface area contributed by atoms with Crippen molar-refractivity contribution in [1.29, 1.82) is 0 Å².